The summed E-state index contributed by atoms with van der Waals surface area (Å²) in [5.74, 6) is -2.10. The van der Waals surface area contributed by atoms with Gasteiger partial charge < -0.3 is 16.2 Å². The SMILES string of the molecule is CC(C)[C@H](NC(=O)C(CN)c1ccccc1)C(=O)O. The molecule has 0 aromatic heterocycles. The Morgan fingerprint density at radius 1 is 1.26 bits per heavy atom. The summed E-state index contributed by atoms with van der Waals surface area (Å²) in [5.41, 5.74) is 6.41. The van der Waals surface area contributed by atoms with Crippen LogP contribution in [0.25, 0.3) is 0 Å². The third-order valence-corrected chi connectivity index (χ3v) is 2.98. The normalized spacial score (nSPS) is 13.9. The zero-order valence-electron chi connectivity index (χ0n) is 11.2. The second-order valence-corrected chi connectivity index (χ2v) is 4.77. The van der Waals surface area contributed by atoms with Crippen LogP contribution in [0, 0.1) is 5.92 Å². The minimum atomic E-state index is -1.04. The van der Waals surface area contributed by atoms with Gasteiger partial charge in [0.1, 0.15) is 6.04 Å². The number of carboxylic acids is 1. The lowest BCUT2D eigenvalue weighted by Crippen LogP contribution is -2.47. The van der Waals surface area contributed by atoms with Gasteiger partial charge in [0, 0.05) is 6.54 Å². The van der Waals surface area contributed by atoms with E-state index in [2.05, 4.69) is 5.32 Å². The van der Waals surface area contributed by atoms with Crippen LogP contribution in [0.1, 0.15) is 25.3 Å². The molecule has 0 aliphatic heterocycles. The molecule has 0 heterocycles. The highest BCUT2D eigenvalue weighted by Gasteiger charge is 2.27. The van der Waals surface area contributed by atoms with Crippen molar-refractivity contribution < 1.29 is 14.7 Å². The van der Waals surface area contributed by atoms with Crippen molar-refractivity contribution in [2.24, 2.45) is 11.7 Å². The van der Waals surface area contributed by atoms with Crippen molar-refractivity contribution in [3.63, 3.8) is 0 Å². The van der Waals surface area contributed by atoms with Crippen LogP contribution in [0.3, 0.4) is 0 Å². The molecule has 1 amide bonds. The van der Waals surface area contributed by atoms with Crippen LogP contribution in [0.4, 0.5) is 0 Å². The number of hydrogen-bond donors (Lipinski definition) is 3. The van der Waals surface area contributed by atoms with Crippen LogP contribution < -0.4 is 11.1 Å². The van der Waals surface area contributed by atoms with Crippen molar-refractivity contribution in [3.05, 3.63) is 35.9 Å². The lowest BCUT2D eigenvalue weighted by molar-refractivity contribution is -0.143. The second-order valence-electron chi connectivity index (χ2n) is 4.77. The predicted molar refractivity (Wildman–Crippen MR) is 72.6 cm³/mol. The summed E-state index contributed by atoms with van der Waals surface area (Å²) in [6.07, 6.45) is 0. The van der Waals surface area contributed by atoms with E-state index in [1.807, 2.05) is 30.3 Å². The highest BCUT2D eigenvalue weighted by molar-refractivity contribution is 5.88. The van der Waals surface area contributed by atoms with Crippen molar-refractivity contribution in [2.45, 2.75) is 25.8 Å². The number of rotatable bonds is 6. The first-order valence-corrected chi connectivity index (χ1v) is 6.25. The fourth-order valence-electron chi connectivity index (χ4n) is 1.85. The predicted octanol–water partition coefficient (Wildman–Crippen LogP) is 0.954. The van der Waals surface area contributed by atoms with Gasteiger partial charge in [-0.2, -0.15) is 0 Å². The highest BCUT2D eigenvalue weighted by Crippen LogP contribution is 2.15. The van der Waals surface area contributed by atoms with E-state index in [0.717, 1.165) is 5.56 Å². The number of amides is 1. The van der Waals surface area contributed by atoms with E-state index >= 15 is 0 Å². The molecule has 0 bridgehead atoms. The van der Waals surface area contributed by atoms with Crippen molar-refractivity contribution >= 4 is 11.9 Å². The lowest BCUT2D eigenvalue weighted by atomic mass is 9.96. The van der Waals surface area contributed by atoms with E-state index < -0.39 is 17.9 Å². The average molecular weight is 264 g/mol. The fourth-order valence-corrected chi connectivity index (χ4v) is 1.85. The van der Waals surface area contributed by atoms with E-state index in [1.54, 1.807) is 13.8 Å². The van der Waals surface area contributed by atoms with Gasteiger partial charge >= 0.3 is 5.97 Å². The third kappa shape index (κ3) is 4.06. The molecule has 0 aliphatic rings. The van der Waals surface area contributed by atoms with Crippen LogP contribution in [-0.4, -0.2) is 29.6 Å². The summed E-state index contributed by atoms with van der Waals surface area (Å²) in [4.78, 5) is 23.2. The summed E-state index contributed by atoms with van der Waals surface area (Å²) in [6, 6.07) is 8.21. The third-order valence-electron chi connectivity index (χ3n) is 2.98. The number of hydrogen-bond acceptors (Lipinski definition) is 3. The molecule has 5 nitrogen and oxygen atoms in total. The first-order chi connectivity index (χ1) is 8.97. The first kappa shape index (κ1) is 15.2. The Hall–Kier alpha value is -1.88. The molecule has 1 unspecified atom stereocenters. The van der Waals surface area contributed by atoms with Gasteiger partial charge in [0.05, 0.1) is 5.92 Å². The smallest absolute Gasteiger partial charge is 0.326 e. The topological polar surface area (TPSA) is 92.4 Å². The molecule has 0 saturated heterocycles. The maximum Gasteiger partial charge on any atom is 0.326 e. The Morgan fingerprint density at radius 2 is 1.84 bits per heavy atom. The van der Waals surface area contributed by atoms with E-state index in [9.17, 15) is 9.59 Å². The Balaban J connectivity index is 2.83. The van der Waals surface area contributed by atoms with Gasteiger partial charge in [-0.05, 0) is 11.5 Å². The van der Waals surface area contributed by atoms with E-state index in [1.165, 1.54) is 0 Å². The molecular weight excluding hydrogens is 244 g/mol. The Labute approximate surface area is 112 Å². The number of carbonyl (C=O) groups excluding carboxylic acids is 1. The van der Waals surface area contributed by atoms with E-state index in [-0.39, 0.29) is 18.4 Å². The van der Waals surface area contributed by atoms with Gasteiger partial charge in [0.2, 0.25) is 5.91 Å². The number of carbonyl (C=O) groups is 2. The van der Waals surface area contributed by atoms with Crippen molar-refractivity contribution in [2.75, 3.05) is 6.54 Å². The highest BCUT2D eigenvalue weighted by atomic mass is 16.4. The molecule has 4 N–H and O–H groups in total. The minimum Gasteiger partial charge on any atom is -0.480 e. The molecule has 5 heteroatoms. The van der Waals surface area contributed by atoms with Crippen LogP contribution in [0.15, 0.2) is 30.3 Å². The number of nitrogens with two attached hydrogens (primary N) is 1. The summed E-state index contributed by atoms with van der Waals surface area (Å²) in [6.45, 7) is 3.64. The van der Waals surface area contributed by atoms with E-state index in [0.29, 0.717) is 0 Å². The van der Waals surface area contributed by atoms with Crippen LogP contribution in [0.2, 0.25) is 0 Å². The van der Waals surface area contributed by atoms with Gasteiger partial charge in [-0.15, -0.1) is 0 Å². The van der Waals surface area contributed by atoms with Crippen LogP contribution in [-0.2, 0) is 9.59 Å². The summed E-state index contributed by atoms with van der Waals surface area (Å²) in [5, 5.41) is 11.6. The number of benzene rings is 1. The minimum absolute atomic E-state index is 0.139. The molecule has 1 aromatic carbocycles. The zero-order chi connectivity index (χ0) is 14.4. The summed E-state index contributed by atoms with van der Waals surface area (Å²) < 4.78 is 0. The largest absolute Gasteiger partial charge is 0.480 e. The fraction of sp³-hybridized carbons (Fsp3) is 0.429. The molecule has 0 radical (unpaired) electrons. The van der Waals surface area contributed by atoms with Gasteiger partial charge in [-0.1, -0.05) is 44.2 Å². The van der Waals surface area contributed by atoms with Crippen molar-refractivity contribution in [1.82, 2.24) is 5.32 Å². The average Bonchev–Trinajstić information content (AvgIpc) is 2.37. The van der Waals surface area contributed by atoms with Crippen molar-refractivity contribution in [1.29, 1.82) is 0 Å². The number of aliphatic carboxylic acids is 1. The molecular formula is C14H20N2O3. The lowest BCUT2D eigenvalue weighted by Gasteiger charge is -2.21. The number of carboxylic acid groups (broad SMARTS) is 1. The standard InChI is InChI=1S/C14H20N2O3/c1-9(2)12(14(18)19)16-13(17)11(8-15)10-6-4-3-5-7-10/h3-7,9,11-12H,8,15H2,1-2H3,(H,16,17)(H,18,19)/t11?,12-/m0/s1. The Bertz CT molecular complexity index is 432. The Kier molecular flexibility index (Phi) is 5.51. The van der Waals surface area contributed by atoms with E-state index in [4.69, 9.17) is 10.8 Å². The summed E-state index contributed by atoms with van der Waals surface area (Å²) in [7, 11) is 0. The molecule has 104 valence electrons. The molecule has 0 saturated carbocycles. The van der Waals surface area contributed by atoms with Crippen LogP contribution in [0.5, 0.6) is 0 Å². The molecule has 0 fully saturated rings. The second kappa shape index (κ2) is 6.89. The molecule has 0 spiro atoms. The molecule has 19 heavy (non-hydrogen) atoms. The zero-order valence-corrected chi connectivity index (χ0v) is 11.2. The Morgan fingerprint density at radius 3 is 2.26 bits per heavy atom. The first-order valence-electron chi connectivity index (χ1n) is 6.25. The molecule has 2 atom stereocenters. The molecule has 1 aromatic rings. The summed E-state index contributed by atoms with van der Waals surface area (Å²) >= 11 is 0. The monoisotopic (exact) mass is 264 g/mol. The number of nitrogens with one attached hydrogen (secondary N) is 1. The quantitative estimate of drug-likeness (QED) is 0.713. The van der Waals surface area contributed by atoms with Gasteiger partial charge in [-0.25, -0.2) is 4.79 Å². The van der Waals surface area contributed by atoms with Crippen LogP contribution >= 0.6 is 0 Å². The van der Waals surface area contributed by atoms with Gasteiger partial charge in [-0.3, -0.25) is 4.79 Å². The van der Waals surface area contributed by atoms with Crippen molar-refractivity contribution in [3.8, 4) is 0 Å². The molecule has 0 aliphatic carbocycles. The van der Waals surface area contributed by atoms with Gasteiger partial charge in [0.25, 0.3) is 0 Å². The van der Waals surface area contributed by atoms with Gasteiger partial charge in [0.15, 0.2) is 0 Å². The maximum absolute atomic E-state index is 12.1. The molecule has 1 rings (SSSR count). The maximum atomic E-state index is 12.1.